The molecule has 87 heavy (non-hydrogen) atoms. The molecule has 21 nitrogen and oxygen atoms in total. The van der Waals surface area contributed by atoms with Crippen molar-refractivity contribution in [3.63, 3.8) is 0 Å². The molecule has 0 fully saturated rings. The fraction of sp³-hybridized carbons (Fsp3) is 0.429. The third kappa shape index (κ3) is 26.4. The van der Waals surface area contributed by atoms with Crippen LogP contribution in [-0.4, -0.2) is 140 Å². The topological polar surface area (TPSA) is 295 Å². The maximum Gasteiger partial charge on any atom is 0.416 e. The molecule has 1 aliphatic rings. The predicted octanol–water partition coefficient (Wildman–Crippen LogP) is 12.7. The minimum atomic E-state index is -4.56. The normalized spacial score (nSPS) is 14.1. The summed E-state index contributed by atoms with van der Waals surface area (Å²) in [5.74, 6) is -2.27. The Balaban J connectivity index is 0.000000384. The molecule has 0 bridgehead atoms. The quantitative estimate of drug-likeness (QED) is 0.0240. The number of carbonyl (C=O) groups excluding carboxylic acids is 3. The number of benzene rings is 4. The van der Waals surface area contributed by atoms with Crippen molar-refractivity contribution in [1.29, 1.82) is 0 Å². The van der Waals surface area contributed by atoms with E-state index >= 15 is 0 Å². The SMILES string of the molecule is CC1COc2ccccc2N1C(=O)C(Cl)Cl.CCNc1nc(Cl)nc(NC(C)C)n1.CCc1cccc(C)c1N(C(=O)CCl)C(C)COC.CP(=O)(O)CCC(N)C(=O)O.C[C@H](OC(=O)c1cc(Oc2ccc(C(F)(F)F)cc2Cl)ccc1Cl)C(=O)O. The van der Waals surface area contributed by atoms with Crippen LogP contribution in [0, 0.1) is 6.92 Å². The smallest absolute Gasteiger partial charge is 0.416 e. The van der Waals surface area contributed by atoms with Crippen LogP contribution >= 0.6 is 77.0 Å². The molecular weight excluding hydrogens is 1290 g/mol. The highest BCUT2D eigenvalue weighted by Crippen LogP contribution is 2.39. The van der Waals surface area contributed by atoms with Gasteiger partial charge in [0.1, 0.15) is 35.8 Å². The Labute approximate surface area is 532 Å². The van der Waals surface area contributed by atoms with Crippen molar-refractivity contribution in [2.24, 2.45) is 5.73 Å². The van der Waals surface area contributed by atoms with E-state index in [1.165, 1.54) is 18.8 Å². The summed E-state index contributed by atoms with van der Waals surface area (Å²) in [5.41, 5.74) is 7.90. The number of aliphatic carboxylic acids is 2. The maximum atomic E-state index is 12.7. The van der Waals surface area contributed by atoms with Crippen LogP contribution in [0.15, 0.2) is 78.9 Å². The summed E-state index contributed by atoms with van der Waals surface area (Å²) in [6, 6.07) is 18.9. The largest absolute Gasteiger partial charge is 0.489 e. The lowest BCUT2D eigenvalue weighted by Gasteiger charge is -2.35. The summed E-state index contributed by atoms with van der Waals surface area (Å²) < 4.78 is 69.5. The van der Waals surface area contributed by atoms with Crippen molar-refractivity contribution < 1.29 is 75.8 Å². The molecule has 4 aromatic carbocycles. The van der Waals surface area contributed by atoms with Crippen molar-refractivity contribution >= 4 is 130 Å². The summed E-state index contributed by atoms with van der Waals surface area (Å²) in [4.78, 5) is 80.0. The van der Waals surface area contributed by atoms with Crippen molar-refractivity contribution in [3.8, 4) is 17.2 Å². The van der Waals surface area contributed by atoms with E-state index in [1.54, 1.807) is 16.9 Å². The van der Waals surface area contributed by atoms with Gasteiger partial charge in [-0.2, -0.15) is 28.1 Å². The number of carboxylic acid groups (broad SMARTS) is 2. The van der Waals surface area contributed by atoms with Crippen molar-refractivity contribution in [3.05, 3.63) is 116 Å². The second kappa shape index (κ2) is 37.2. The Morgan fingerprint density at radius 2 is 1.55 bits per heavy atom. The fourth-order valence-corrected chi connectivity index (χ4v) is 9.03. The van der Waals surface area contributed by atoms with Crippen molar-refractivity contribution in [1.82, 2.24) is 15.0 Å². The highest BCUT2D eigenvalue weighted by molar-refractivity contribution is 7.57. The molecule has 5 atom stereocenters. The number of para-hydroxylation sites is 3. The average Bonchev–Trinajstić information content (AvgIpc) is 2.61. The molecule has 2 heterocycles. The number of nitrogens with two attached hydrogens (primary N) is 1. The second-order valence-corrected chi connectivity index (χ2v) is 24.2. The van der Waals surface area contributed by atoms with E-state index < -0.39 is 54.0 Å². The number of carboxylic acids is 2. The highest BCUT2D eigenvalue weighted by atomic mass is 35.5. The number of fused-ring (bicyclic) bond motifs is 1. The number of esters is 1. The average molecular weight is 1360 g/mol. The van der Waals surface area contributed by atoms with Gasteiger partial charge in [0.05, 0.1) is 51.2 Å². The number of aryl methyl sites for hydroxylation is 2. The minimum absolute atomic E-state index is 0.0223. The molecule has 5 aromatic rings. The standard InChI is InChI=1S/C17H11Cl2F3O5.C15H22ClNO2.C11H11Cl2NO2.C8H14ClN5.C5H12NO4P/c1-8(15(23)24)26-16(25)11-7-10(3-4-12(11)18)27-14-5-2-9(6-13(14)19)17(20,21)22;1-5-13-8-6-7-11(2)15(13)17(14(18)9-16)12(3)10-19-4;1-7-6-16-9-5-3-2-4-8(9)14(7)11(15)10(12)13;1-4-10-7-12-6(9)13-8(14-7)11-5(2)3;1-11(9,10)3-2-4(6)5(7)8/h2-8H,1H3,(H,23,24);6-8,12H,5,9-10H2,1-4H3;2-5,7,10H,6H2,1H3;5H,4H2,1-3H3,(H2,10,11,12,13,14);4H,2-3,6H2,1H3,(H,7,8)(H,9,10)/t8-;;;;/m0..../s1. The first-order valence-corrected chi connectivity index (χ1v) is 31.2. The molecule has 480 valence electrons. The van der Waals surface area contributed by atoms with Crippen molar-refractivity contribution in [2.75, 3.05) is 66.0 Å². The monoisotopic (exact) mass is 1360 g/mol. The number of amides is 2. The van der Waals surface area contributed by atoms with Crippen LogP contribution in [-0.2, 0) is 45.8 Å². The highest BCUT2D eigenvalue weighted by Gasteiger charge is 2.33. The Bertz CT molecular complexity index is 3140. The minimum Gasteiger partial charge on any atom is -0.489 e. The molecule has 2 amide bonds. The van der Waals surface area contributed by atoms with Gasteiger partial charge in [-0.3, -0.25) is 18.9 Å². The van der Waals surface area contributed by atoms with Gasteiger partial charge < -0.3 is 60.2 Å². The number of halogens is 9. The summed E-state index contributed by atoms with van der Waals surface area (Å²) in [7, 11) is -1.47. The zero-order valence-corrected chi connectivity index (χ0v) is 54.4. The summed E-state index contributed by atoms with van der Waals surface area (Å²) in [6.45, 7) is 18.0. The number of rotatable bonds is 20. The second-order valence-electron chi connectivity index (χ2n) is 19.1. The zero-order valence-electron chi connectivity index (χ0n) is 49.0. The molecule has 1 aliphatic heterocycles. The number of nitrogens with zero attached hydrogens (tertiary/aromatic N) is 5. The van der Waals surface area contributed by atoms with Crippen LogP contribution in [0.25, 0.3) is 0 Å². The molecule has 0 spiro atoms. The number of carbonyl (C=O) groups is 5. The number of nitrogens with one attached hydrogen (secondary N) is 2. The van der Waals surface area contributed by atoms with E-state index in [-0.39, 0.29) is 80.8 Å². The third-order valence-corrected chi connectivity index (χ3v) is 13.9. The number of alkyl halides is 6. The van der Waals surface area contributed by atoms with Crippen LogP contribution in [0.3, 0.4) is 0 Å². The zero-order chi connectivity index (χ0) is 66.1. The molecule has 1 aromatic heterocycles. The van der Waals surface area contributed by atoms with Crippen molar-refractivity contribution in [2.45, 2.75) is 110 Å². The van der Waals surface area contributed by atoms with E-state index in [1.807, 2.05) is 77.9 Å². The van der Waals surface area contributed by atoms with Gasteiger partial charge in [0.25, 0.3) is 5.91 Å². The van der Waals surface area contributed by atoms with Crippen LogP contribution in [0.4, 0.5) is 36.4 Å². The Morgan fingerprint density at radius 1 is 0.908 bits per heavy atom. The van der Waals surface area contributed by atoms with Gasteiger partial charge in [-0.1, -0.05) is 83.7 Å². The van der Waals surface area contributed by atoms with Gasteiger partial charge >= 0.3 is 24.1 Å². The van der Waals surface area contributed by atoms with Crippen LogP contribution in [0.1, 0.15) is 81.9 Å². The fourth-order valence-electron chi connectivity index (χ4n) is 7.36. The molecule has 0 radical (unpaired) electrons. The van der Waals surface area contributed by atoms with E-state index in [0.717, 1.165) is 60.6 Å². The molecule has 6 rings (SSSR count). The molecule has 0 saturated carbocycles. The molecular formula is C56H70Cl6F3N8O13P. The Hall–Kier alpha value is -5.92. The van der Waals surface area contributed by atoms with E-state index in [4.69, 9.17) is 109 Å². The number of hydrogen-bond acceptors (Lipinski definition) is 16. The predicted molar refractivity (Wildman–Crippen MR) is 334 cm³/mol. The number of ether oxygens (including phenoxy) is 4. The van der Waals surface area contributed by atoms with E-state index in [2.05, 4.69) is 38.6 Å². The lowest BCUT2D eigenvalue weighted by molar-refractivity contribution is -0.146. The van der Waals surface area contributed by atoms with E-state index in [0.29, 0.717) is 36.9 Å². The van der Waals surface area contributed by atoms with E-state index in [9.17, 15) is 41.7 Å². The Morgan fingerprint density at radius 3 is 2.09 bits per heavy atom. The van der Waals surface area contributed by atoms with Crippen LogP contribution in [0.2, 0.25) is 15.3 Å². The summed E-state index contributed by atoms with van der Waals surface area (Å²) in [6.07, 6.45) is -5.08. The maximum absolute atomic E-state index is 12.7. The molecule has 0 aliphatic carbocycles. The van der Waals surface area contributed by atoms with Gasteiger partial charge in [-0.15, -0.1) is 11.6 Å². The number of hydrogen-bond donors (Lipinski definition) is 6. The Kier molecular flexibility index (Phi) is 33.0. The first kappa shape index (κ1) is 77.2. The van der Waals surface area contributed by atoms with Gasteiger partial charge in [0.15, 0.2) is 18.3 Å². The lowest BCUT2D eigenvalue weighted by atomic mass is 10.0. The molecule has 31 heteroatoms. The number of methoxy groups -OCH3 is 1. The van der Waals surface area contributed by atoms with Gasteiger partial charge in [-0.25, -0.2) is 9.59 Å². The summed E-state index contributed by atoms with van der Waals surface area (Å²) >= 11 is 34.5. The first-order valence-electron chi connectivity index (χ1n) is 26.4. The third-order valence-electron chi connectivity index (χ3n) is 11.5. The van der Waals surface area contributed by atoms with Crippen LogP contribution < -0.4 is 35.6 Å². The lowest BCUT2D eigenvalue weighted by Crippen LogP contribution is -2.47. The van der Waals surface area contributed by atoms with Gasteiger partial charge in [0.2, 0.25) is 23.1 Å². The van der Waals surface area contributed by atoms with Crippen LogP contribution in [0.5, 0.6) is 17.2 Å². The van der Waals surface area contributed by atoms with Gasteiger partial charge in [-0.05, 0) is 133 Å². The first-order chi connectivity index (χ1) is 40.6. The van der Waals surface area contributed by atoms with Gasteiger partial charge in [0, 0.05) is 32.5 Å². The summed E-state index contributed by atoms with van der Waals surface area (Å²) in [5, 5.41) is 23.0. The number of anilines is 4. The molecule has 0 saturated heterocycles. The molecule has 4 unspecified atom stereocenters. The number of aromatic nitrogens is 3. The molecule has 7 N–H and O–H groups in total.